The minimum absolute atomic E-state index is 0.210. The standard InChI is InChI=1S/C26H22Br2IN3O3/c1-3-24-31-22-10-9-19(28)13-20(22)26(33)32(24)30-14-17-11-21(29)25(23(12-17)34-4-2)35-15-16-5-7-18(27)8-6-16/h5-14H,3-4,15H2,1-2H3. The molecule has 0 bridgehead atoms. The molecular formula is C26H22Br2IN3O3. The van der Waals surface area contributed by atoms with Crippen molar-refractivity contribution in [3.8, 4) is 11.5 Å². The summed E-state index contributed by atoms with van der Waals surface area (Å²) in [4.78, 5) is 17.8. The molecule has 1 heterocycles. The van der Waals surface area contributed by atoms with E-state index >= 15 is 0 Å². The van der Waals surface area contributed by atoms with Gasteiger partial charge in [0.1, 0.15) is 12.4 Å². The minimum atomic E-state index is -0.210. The molecule has 1 aromatic heterocycles. The van der Waals surface area contributed by atoms with E-state index in [0.717, 1.165) is 23.6 Å². The number of ether oxygens (including phenoxy) is 2. The third-order valence-electron chi connectivity index (χ3n) is 5.14. The molecule has 6 nitrogen and oxygen atoms in total. The molecule has 3 aromatic carbocycles. The number of fused-ring (bicyclic) bond motifs is 1. The third-order valence-corrected chi connectivity index (χ3v) is 6.97. The number of halogens is 3. The monoisotopic (exact) mass is 709 g/mol. The van der Waals surface area contributed by atoms with Crippen molar-refractivity contribution in [2.24, 2.45) is 5.10 Å². The SMILES string of the molecule is CCOc1cc(C=Nn2c(CC)nc3ccc(Br)cc3c2=O)cc(I)c1OCc1ccc(Br)cc1. The van der Waals surface area contributed by atoms with Crippen molar-refractivity contribution in [2.45, 2.75) is 26.9 Å². The molecule has 0 atom stereocenters. The summed E-state index contributed by atoms with van der Waals surface area (Å²) >= 11 is 9.11. The van der Waals surface area contributed by atoms with Gasteiger partial charge in [-0.25, -0.2) is 4.98 Å². The smallest absolute Gasteiger partial charge is 0.282 e. The fourth-order valence-corrected chi connectivity index (χ4v) is 4.88. The van der Waals surface area contributed by atoms with E-state index in [1.807, 2.05) is 62.4 Å². The Morgan fingerprint density at radius 3 is 2.49 bits per heavy atom. The molecule has 9 heteroatoms. The summed E-state index contributed by atoms with van der Waals surface area (Å²) in [6, 6.07) is 17.3. The van der Waals surface area contributed by atoms with Gasteiger partial charge in [-0.3, -0.25) is 4.79 Å². The quantitative estimate of drug-likeness (QED) is 0.147. The molecular weight excluding hydrogens is 689 g/mol. The van der Waals surface area contributed by atoms with Crippen molar-refractivity contribution >= 4 is 71.6 Å². The van der Waals surface area contributed by atoms with Crippen LogP contribution in [-0.4, -0.2) is 22.5 Å². The summed E-state index contributed by atoms with van der Waals surface area (Å²) in [5, 5.41) is 5.01. The number of hydrogen-bond donors (Lipinski definition) is 0. The number of rotatable bonds is 8. The van der Waals surface area contributed by atoms with Crippen molar-refractivity contribution in [1.82, 2.24) is 9.66 Å². The van der Waals surface area contributed by atoms with E-state index in [-0.39, 0.29) is 5.56 Å². The van der Waals surface area contributed by atoms with Gasteiger partial charge >= 0.3 is 0 Å². The lowest BCUT2D eigenvalue weighted by molar-refractivity contribution is 0.267. The lowest BCUT2D eigenvalue weighted by Gasteiger charge is -2.15. The Balaban J connectivity index is 1.67. The topological polar surface area (TPSA) is 65.7 Å². The average Bonchev–Trinajstić information content (AvgIpc) is 2.84. The molecule has 0 amide bonds. The summed E-state index contributed by atoms with van der Waals surface area (Å²) in [5.74, 6) is 1.90. The van der Waals surface area contributed by atoms with Gasteiger partial charge in [0.15, 0.2) is 11.5 Å². The maximum Gasteiger partial charge on any atom is 0.282 e. The molecule has 0 spiro atoms. The Hall–Kier alpha value is -2.24. The van der Waals surface area contributed by atoms with Gasteiger partial charge in [0.2, 0.25) is 0 Å². The van der Waals surface area contributed by atoms with Crippen molar-refractivity contribution in [1.29, 1.82) is 0 Å². The summed E-state index contributed by atoms with van der Waals surface area (Å²) in [5.41, 5.74) is 2.29. The first kappa shape index (κ1) is 25.8. The van der Waals surface area contributed by atoms with E-state index in [0.29, 0.717) is 47.9 Å². The van der Waals surface area contributed by atoms with Gasteiger partial charge < -0.3 is 9.47 Å². The second-order valence-electron chi connectivity index (χ2n) is 7.58. The maximum absolute atomic E-state index is 13.2. The van der Waals surface area contributed by atoms with E-state index < -0.39 is 0 Å². The second-order valence-corrected chi connectivity index (χ2v) is 10.6. The van der Waals surface area contributed by atoms with E-state index in [1.54, 1.807) is 12.3 Å². The predicted octanol–water partition coefficient (Wildman–Crippen LogP) is 6.95. The first-order chi connectivity index (χ1) is 16.9. The van der Waals surface area contributed by atoms with Crippen LogP contribution in [0.4, 0.5) is 0 Å². The molecule has 0 aliphatic carbocycles. The zero-order valence-corrected chi connectivity index (χ0v) is 24.4. The van der Waals surface area contributed by atoms with E-state index in [2.05, 4.69) is 64.5 Å². The molecule has 4 aromatic rings. The normalized spacial score (nSPS) is 11.3. The molecule has 0 aliphatic rings. The Morgan fingerprint density at radius 2 is 1.77 bits per heavy atom. The predicted molar refractivity (Wildman–Crippen MR) is 155 cm³/mol. The highest BCUT2D eigenvalue weighted by molar-refractivity contribution is 14.1. The zero-order chi connectivity index (χ0) is 24.9. The second kappa shape index (κ2) is 11.7. The summed E-state index contributed by atoms with van der Waals surface area (Å²) in [6.45, 7) is 4.79. The summed E-state index contributed by atoms with van der Waals surface area (Å²) in [6.07, 6.45) is 2.22. The number of aryl methyl sites for hydroxylation is 1. The molecule has 4 rings (SSSR count). The van der Waals surface area contributed by atoms with Crippen LogP contribution in [0.3, 0.4) is 0 Å². The van der Waals surface area contributed by atoms with Gasteiger partial charge in [0.25, 0.3) is 5.56 Å². The van der Waals surface area contributed by atoms with Gasteiger partial charge in [0.05, 0.1) is 27.3 Å². The zero-order valence-electron chi connectivity index (χ0n) is 19.1. The van der Waals surface area contributed by atoms with Crippen LogP contribution in [0.25, 0.3) is 10.9 Å². The Labute approximate surface area is 233 Å². The van der Waals surface area contributed by atoms with Gasteiger partial charge in [0, 0.05) is 15.4 Å². The van der Waals surface area contributed by atoms with E-state index in [9.17, 15) is 4.79 Å². The van der Waals surface area contributed by atoms with Crippen LogP contribution in [0.15, 0.2) is 73.4 Å². The average molecular weight is 711 g/mol. The number of aromatic nitrogens is 2. The number of nitrogens with zero attached hydrogens (tertiary/aromatic N) is 3. The van der Waals surface area contributed by atoms with Gasteiger partial charge in [-0.1, -0.05) is 50.9 Å². The van der Waals surface area contributed by atoms with Gasteiger partial charge in [-0.2, -0.15) is 9.78 Å². The van der Waals surface area contributed by atoms with Crippen LogP contribution >= 0.6 is 54.5 Å². The van der Waals surface area contributed by atoms with Crippen LogP contribution in [0.5, 0.6) is 11.5 Å². The van der Waals surface area contributed by atoms with E-state index in [1.165, 1.54) is 4.68 Å². The first-order valence-electron chi connectivity index (χ1n) is 11.0. The largest absolute Gasteiger partial charge is 0.490 e. The number of hydrogen-bond acceptors (Lipinski definition) is 5. The maximum atomic E-state index is 13.2. The molecule has 0 N–H and O–H groups in total. The fourth-order valence-electron chi connectivity index (χ4n) is 3.47. The van der Waals surface area contributed by atoms with Gasteiger partial charge in [-0.15, -0.1) is 0 Å². The van der Waals surface area contributed by atoms with Crippen LogP contribution in [0, 0.1) is 3.57 Å². The molecule has 0 saturated carbocycles. The summed E-state index contributed by atoms with van der Waals surface area (Å²) in [7, 11) is 0. The van der Waals surface area contributed by atoms with Crippen molar-refractivity contribution in [3.63, 3.8) is 0 Å². The lowest BCUT2D eigenvalue weighted by Crippen LogP contribution is -2.22. The molecule has 0 saturated heterocycles. The van der Waals surface area contributed by atoms with Gasteiger partial charge in [-0.05, 0) is 83.1 Å². The van der Waals surface area contributed by atoms with Crippen LogP contribution in [-0.2, 0) is 13.0 Å². The van der Waals surface area contributed by atoms with Crippen molar-refractivity contribution in [2.75, 3.05) is 6.61 Å². The Bertz CT molecular complexity index is 1450. The van der Waals surface area contributed by atoms with Crippen molar-refractivity contribution in [3.05, 3.63) is 94.4 Å². The molecule has 0 radical (unpaired) electrons. The van der Waals surface area contributed by atoms with Crippen LogP contribution in [0.1, 0.15) is 30.8 Å². The molecule has 0 aliphatic heterocycles. The lowest BCUT2D eigenvalue weighted by atomic mass is 10.2. The molecule has 35 heavy (non-hydrogen) atoms. The molecule has 0 unspecified atom stereocenters. The highest BCUT2D eigenvalue weighted by Crippen LogP contribution is 2.34. The highest BCUT2D eigenvalue weighted by atomic mass is 127. The minimum Gasteiger partial charge on any atom is -0.490 e. The van der Waals surface area contributed by atoms with Crippen molar-refractivity contribution < 1.29 is 9.47 Å². The molecule has 0 fully saturated rings. The van der Waals surface area contributed by atoms with Crippen LogP contribution < -0.4 is 15.0 Å². The number of benzene rings is 3. The Morgan fingerprint density at radius 1 is 1.03 bits per heavy atom. The third kappa shape index (κ3) is 6.13. The Kier molecular flexibility index (Phi) is 8.61. The van der Waals surface area contributed by atoms with Crippen LogP contribution in [0.2, 0.25) is 0 Å². The first-order valence-corrected chi connectivity index (χ1v) is 13.6. The molecule has 180 valence electrons. The van der Waals surface area contributed by atoms with E-state index in [4.69, 9.17) is 9.47 Å². The highest BCUT2D eigenvalue weighted by Gasteiger charge is 2.13. The summed E-state index contributed by atoms with van der Waals surface area (Å²) < 4.78 is 16.1. The fraction of sp³-hybridized carbons (Fsp3) is 0.192.